The van der Waals surface area contributed by atoms with Gasteiger partial charge < -0.3 is 15.2 Å². The summed E-state index contributed by atoms with van der Waals surface area (Å²) in [5.41, 5.74) is 6.99. The normalized spacial score (nSPS) is 9.94. The first-order valence-electron chi connectivity index (χ1n) is 5.17. The maximum atomic E-state index is 10.9. The van der Waals surface area contributed by atoms with Crippen molar-refractivity contribution in [2.75, 3.05) is 20.8 Å². The average molecular weight is 223 g/mol. The first-order chi connectivity index (χ1) is 7.76. The van der Waals surface area contributed by atoms with Crippen molar-refractivity contribution in [1.82, 2.24) is 0 Å². The third-order valence-corrected chi connectivity index (χ3v) is 2.36. The van der Waals surface area contributed by atoms with Gasteiger partial charge in [0.05, 0.1) is 19.8 Å². The van der Waals surface area contributed by atoms with Crippen LogP contribution in [0.5, 0.6) is 11.5 Å². The number of hydrogen-bond acceptors (Lipinski definition) is 4. The second kappa shape index (κ2) is 6.12. The van der Waals surface area contributed by atoms with E-state index in [1.54, 1.807) is 7.11 Å². The molecule has 0 unspecified atom stereocenters. The van der Waals surface area contributed by atoms with Crippen molar-refractivity contribution in [3.8, 4) is 11.5 Å². The van der Waals surface area contributed by atoms with Crippen LogP contribution in [0.25, 0.3) is 0 Å². The van der Waals surface area contributed by atoms with Crippen molar-refractivity contribution >= 4 is 6.29 Å². The number of benzene rings is 1. The summed E-state index contributed by atoms with van der Waals surface area (Å²) in [6.07, 6.45) is 2.48. The van der Waals surface area contributed by atoms with Gasteiger partial charge in [0.2, 0.25) is 0 Å². The van der Waals surface area contributed by atoms with Crippen LogP contribution >= 0.6 is 0 Å². The van der Waals surface area contributed by atoms with E-state index < -0.39 is 0 Å². The summed E-state index contributed by atoms with van der Waals surface area (Å²) in [4.78, 5) is 10.9. The van der Waals surface area contributed by atoms with Crippen molar-refractivity contribution in [2.45, 2.75) is 12.8 Å². The lowest BCUT2D eigenvalue weighted by molar-refractivity contribution is 0.112. The van der Waals surface area contributed by atoms with E-state index in [1.807, 2.05) is 12.1 Å². The zero-order valence-electron chi connectivity index (χ0n) is 9.66. The van der Waals surface area contributed by atoms with Crippen LogP contribution in [0.4, 0.5) is 0 Å². The number of aryl methyl sites for hydroxylation is 1. The van der Waals surface area contributed by atoms with Gasteiger partial charge in [-0.2, -0.15) is 0 Å². The maximum absolute atomic E-state index is 10.9. The predicted molar refractivity (Wildman–Crippen MR) is 62.3 cm³/mol. The van der Waals surface area contributed by atoms with Crippen LogP contribution in [0.2, 0.25) is 0 Å². The molecule has 0 aromatic heterocycles. The van der Waals surface area contributed by atoms with E-state index in [9.17, 15) is 4.79 Å². The molecule has 0 aliphatic carbocycles. The Hall–Kier alpha value is -1.55. The molecule has 0 aliphatic rings. The van der Waals surface area contributed by atoms with E-state index in [0.717, 1.165) is 24.7 Å². The van der Waals surface area contributed by atoms with Gasteiger partial charge in [-0.25, -0.2) is 0 Å². The predicted octanol–water partition coefficient (Wildman–Crippen LogP) is 1.41. The van der Waals surface area contributed by atoms with Gasteiger partial charge in [-0.05, 0) is 37.1 Å². The van der Waals surface area contributed by atoms with Gasteiger partial charge in [0.15, 0.2) is 17.8 Å². The lowest BCUT2D eigenvalue weighted by Crippen LogP contribution is -2.02. The molecule has 4 heteroatoms. The summed E-state index contributed by atoms with van der Waals surface area (Å²) in [5.74, 6) is 1.06. The summed E-state index contributed by atoms with van der Waals surface area (Å²) < 4.78 is 10.3. The number of methoxy groups -OCH3 is 2. The van der Waals surface area contributed by atoms with Gasteiger partial charge in [-0.3, -0.25) is 4.79 Å². The Morgan fingerprint density at radius 1 is 1.31 bits per heavy atom. The molecule has 0 bridgehead atoms. The number of carbonyl (C=O) groups excluding carboxylic acids is 1. The smallest absolute Gasteiger partial charge is 0.171 e. The van der Waals surface area contributed by atoms with Crippen molar-refractivity contribution in [1.29, 1.82) is 0 Å². The zero-order valence-corrected chi connectivity index (χ0v) is 9.66. The maximum Gasteiger partial charge on any atom is 0.171 e. The minimum absolute atomic E-state index is 0.481. The van der Waals surface area contributed by atoms with Crippen LogP contribution in [-0.2, 0) is 6.42 Å². The lowest BCUT2D eigenvalue weighted by Gasteiger charge is -2.11. The Morgan fingerprint density at radius 2 is 2.06 bits per heavy atom. The summed E-state index contributed by atoms with van der Waals surface area (Å²) in [6.45, 7) is 0.630. The van der Waals surface area contributed by atoms with Crippen LogP contribution in [-0.4, -0.2) is 27.1 Å². The zero-order chi connectivity index (χ0) is 12.0. The molecule has 1 aromatic carbocycles. The molecule has 0 atom stereocenters. The number of ether oxygens (including phenoxy) is 2. The van der Waals surface area contributed by atoms with Crippen LogP contribution < -0.4 is 15.2 Å². The van der Waals surface area contributed by atoms with Crippen molar-refractivity contribution in [2.24, 2.45) is 5.73 Å². The minimum Gasteiger partial charge on any atom is -0.493 e. The van der Waals surface area contributed by atoms with E-state index >= 15 is 0 Å². The Bertz CT molecular complexity index is 364. The summed E-state index contributed by atoms with van der Waals surface area (Å²) >= 11 is 0. The minimum atomic E-state index is 0.481. The molecular formula is C12H17NO3. The van der Waals surface area contributed by atoms with Crippen molar-refractivity contribution < 1.29 is 14.3 Å². The molecule has 0 amide bonds. The highest BCUT2D eigenvalue weighted by molar-refractivity contribution is 5.81. The standard InChI is InChI=1S/C12H17NO3/c1-15-11-7-9(4-3-5-13)6-10(8-14)12(11)16-2/h6-8H,3-5,13H2,1-2H3. The van der Waals surface area contributed by atoms with E-state index in [2.05, 4.69) is 0 Å². The molecule has 1 rings (SSSR count). The largest absolute Gasteiger partial charge is 0.493 e. The number of carbonyl (C=O) groups is 1. The Labute approximate surface area is 95.3 Å². The van der Waals surface area contributed by atoms with Crippen LogP contribution in [0, 0.1) is 0 Å². The van der Waals surface area contributed by atoms with Crippen molar-refractivity contribution in [3.63, 3.8) is 0 Å². The molecule has 0 heterocycles. The molecule has 16 heavy (non-hydrogen) atoms. The quantitative estimate of drug-likeness (QED) is 0.741. The summed E-state index contributed by atoms with van der Waals surface area (Å²) in [7, 11) is 3.07. The Balaban J connectivity index is 3.10. The number of rotatable bonds is 6. The highest BCUT2D eigenvalue weighted by Gasteiger charge is 2.11. The number of nitrogens with two attached hydrogens (primary N) is 1. The second-order valence-electron chi connectivity index (χ2n) is 3.43. The highest BCUT2D eigenvalue weighted by Crippen LogP contribution is 2.31. The third kappa shape index (κ3) is 2.73. The lowest BCUT2D eigenvalue weighted by atomic mass is 10.1. The fourth-order valence-electron chi connectivity index (χ4n) is 1.59. The summed E-state index contributed by atoms with van der Waals surface area (Å²) in [5, 5.41) is 0. The SMILES string of the molecule is COc1cc(CCCN)cc(C=O)c1OC. The fourth-order valence-corrected chi connectivity index (χ4v) is 1.59. The summed E-state index contributed by atoms with van der Waals surface area (Å²) in [6, 6.07) is 3.69. The molecule has 4 nitrogen and oxygen atoms in total. The Morgan fingerprint density at radius 3 is 2.56 bits per heavy atom. The van der Waals surface area contributed by atoms with E-state index in [0.29, 0.717) is 23.6 Å². The van der Waals surface area contributed by atoms with Gasteiger partial charge in [0.25, 0.3) is 0 Å². The molecular weight excluding hydrogens is 206 g/mol. The van der Waals surface area contributed by atoms with Gasteiger partial charge in [0.1, 0.15) is 0 Å². The molecule has 0 radical (unpaired) electrons. The molecule has 0 saturated heterocycles. The second-order valence-corrected chi connectivity index (χ2v) is 3.43. The third-order valence-electron chi connectivity index (χ3n) is 2.36. The first kappa shape index (κ1) is 12.5. The van der Waals surface area contributed by atoms with Crippen LogP contribution in [0.1, 0.15) is 22.3 Å². The fraction of sp³-hybridized carbons (Fsp3) is 0.417. The van der Waals surface area contributed by atoms with E-state index in [-0.39, 0.29) is 0 Å². The monoisotopic (exact) mass is 223 g/mol. The Kier molecular flexibility index (Phi) is 4.79. The average Bonchev–Trinajstić information content (AvgIpc) is 2.34. The molecule has 2 N–H and O–H groups in total. The van der Waals surface area contributed by atoms with E-state index in [1.165, 1.54) is 7.11 Å². The van der Waals surface area contributed by atoms with E-state index in [4.69, 9.17) is 15.2 Å². The molecule has 0 fully saturated rings. The van der Waals surface area contributed by atoms with Crippen LogP contribution in [0.15, 0.2) is 12.1 Å². The topological polar surface area (TPSA) is 61.5 Å². The number of aldehydes is 1. The van der Waals surface area contributed by atoms with Gasteiger partial charge in [0, 0.05) is 0 Å². The molecule has 1 aromatic rings. The van der Waals surface area contributed by atoms with Gasteiger partial charge in [-0.15, -0.1) is 0 Å². The van der Waals surface area contributed by atoms with Crippen LogP contribution in [0.3, 0.4) is 0 Å². The van der Waals surface area contributed by atoms with Gasteiger partial charge >= 0.3 is 0 Å². The van der Waals surface area contributed by atoms with Gasteiger partial charge in [-0.1, -0.05) is 0 Å². The molecule has 0 saturated carbocycles. The molecule has 0 aliphatic heterocycles. The first-order valence-corrected chi connectivity index (χ1v) is 5.17. The van der Waals surface area contributed by atoms with Crippen molar-refractivity contribution in [3.05, 3.63) is 23.3 Å². The molecule has 0 spiro atoms. The number of hydrogen-bond donors (Lipinski definition) is 1. The highest BCUT2D eigenvalue weighted by atomic mass is 16.5. The molecule has 88 valence electrons.